The molecule has 0 atom stereocenters. The molecule has 0 heterocycles. The van der Waals surface area contributed by atoms with Crippen molar-refractivity contribution in [3.63, 3.8) is 0 Å². The first-order valence-corrected chi connectivity index (χ1v) is 6.04. The van der Waals surface area contributed by atoms with Gasteiger partial charge < -0.3 is 0 Å². The number of nitro benzene ring substituents is 1. The van der Waals surface area contributed by atoms with Crippen molar-refractivity contribution in [3.8, 4) is 0 Å². The highest BCUT2D eigenvalue weighted by atomic mass is 79.9. The first-order chi connectivity index (χ1) is 6.73. The summed E-state index contributed by atoms with van der Waals surface area (Å²) in [7, 11) is -4.10. The molecule has 0 spiro atoms. The van der Waals surface area contributed by atoms with Crippen LogP contribution in [0.5, 0.6) is 0 Å². The molecule has 0 aliphatic rings. The van der Waals surface area contributed by atoms with Crippen LogP contribution in [0.2, 0.25) is 0 Å². The molecule has 0 fully saturated rings. The minimum atomic E-state index is -4.10. The number of primary sulfonamides is 1. The van der Waals surface area contributed by atoms with Gasteiger partial charge in [-0.05, 0) is 40.5 Å². The van der Waals surface area contributed by atoms with Crippen LogP contribution in [0.4, 0.5) is 5.69 Å². The number of benzene rings is 1. The van der Waals surface area contributed by atoms with Crippen LogP contribution in [0.15, 0.2) is 21.5 Å². The van der Waals surface area contributed by atoms with Gasteiger partial charge in [-0.15, -0.1) is 0 Å². The zero-order chi connectivity index (χ0) is 11.8. The monoisotopic (exact) mass is 294 g/mol. The summed E-state index contributed by atoms with van der Waals surface area (Å²) in [5.41, 5.74) is 0.0274. The van der Waals surface area contributed by atoms with Gasteiger partial charge in [-0.25, -0.2) is 13.6 Å². The van der Waals surface area contributed by atoms with E-state index in [1.165, 1.54) is 6.07 Å². The van der Waals surface area contributed by atoms with E-state index < -0.39 is 25.5 Å². The minimum Gasteiger partial charge on any atom is -0.258 e. The minimum absolute atomic E-state index is 0.0940. The van der Waals surface area contributed by atoms with Gasteiger partial charge in [-0.1, -0.05) is 0 Å². The first kappa shape index (κ1) is 12.1. The average molecular weight is 295 g/mol. The Morgan fingerprint density at radius 3 is 2.40 bits per heavy atom. The van der Waals surface area contributed by atoms with Crippen molar-refractivity contribution >= 4 is 31.6 Å². The van der Waals surface area contributed by atoms with Gasteiger partial charge in [0.25, 0.3) is 0 Å². The fourth-order valence-electron chi connectivity index (χ4n) is 1.10. The zero-order valence-electron chi connectivity index (χ0n) is 7.60. The molecule has 0 saturated heterocycles. The predicted octanol–water partition coefficient (Wildman–Crippen LogP) is 1.31. The maximum Gasteiger partial charge on any atom is 0.303 e. The molecule has 6 nitrogen and oxygen atoms in total. The molecule has 0 unspecified atom stereocenters. The summed E-state index contributed by atoms with van der Waals surface area (Å²) in [6.45, 7) is 1.61. The summed E-state index contributed by atoms with van der Waals surface area (Å²) in [5.74, 6) is 0. The second-order valence-electron chi connectivity index (χ2n) is 2.90. The van der Waals surface area contributed by atoms with Crippen molar-refractivity contribution in [2.75, 3.05) is 0 Å². The van der Waals surface area contributed by atoms with E-state index in [0.29, 0.717) is 5.56 Å². The number of nitrogens with two attached hydrogens (primary N) is 1. The maximum absolute atomic E-state index is 11.1. The number of halogens is 1. The molecule has 0 aromatic heterocycles. The maximum atomic E-state index is 11.1. The highest BCUT2D eigenvalue weighted by Gasteiger charge is 2.26. The standard InChI is InChI=1S/C7H7BrN2O4S/c1-4-2-5(8)7(10(11)12)6(3-4)15(9,13)14/h2-3H,1H3,(H2,9,13,14). The van der Waals surface area contributed by atoms with E-state index in [-0.39, 0.29) is 4.47 Å². The molecule has 1 aromatic rings. The molecular formula is C7H7BrN2O4S. The molecule has 15 heavy (non-hydrogen) atoms. The van der Waals surface area contributed by atoms with Gasteiger partial charge in [0.2, 0.25) is 10.0 Å². The van der Waals surface area contributed by atoms with Crippen LogP contribution >= 0.6 is 15.9 Å². The Balaban J connectivity index is 3.70. The lowest BCUT2D eigenvalue weighted by Crippen LogP contribution is -2.14. The van der Waals surface area contributed by atoms with Crippen LogP contribution < -0.4 is 5.14 Å². The van der Waals surface area contributed by atoms with E-state index in [4.69, 9.17) is 5.14 Å². The molecule has 0 radical (unpaired) electrons. The SMILES string of the molecule is Cc1cc(Br)c([N+](=O)[O-])c(S(N)(=O)=O)c1. The lowest BCUT2D eigenvalue weighted by atomic mass is 10.2. The molecule has 0 aliphatic heterocycles. The normalized spacial score (nSPS) is 11.4. The molecule has 0 aliphatic carbocycles. The lowest BCUT2D eigenvalue weighted by molar-refractivity contribution is -0.388. The van der Waals surface area contributed by atoms with Crippen LogP contribution in [0, 0.1) is 17.0 Å². The quantitative estimate of drug-likeness (QED) is 0.656. The highest BCUT2D eigenvalue weighted by Crippen LogP contribution is 2.32. The molecule has 1 rings (SSSR count). The van der Waals surface area contributed by atoms with Crippen LogP contribution in [-0.2, 0) is 10.0 Å². The summed E-state index contributed by atoms with van der Waals surface area (Å²) in [6.07, 6.45) is 0. The van der Waals surface area contributed by atoms with E-state index in [2.05, 4.69) is 15.9 Å². The summed E-state index contributed by atoms with van der Waals surface area (Å²) in [6, 6.07) is 2.62. The molecule has 1 aromatic carbocycles. The number of sulfonamides is 1. The highest BCUT2D eigenvalue weighted by molar-refractivity contribution is 9.10. The Bertz CT molecular complexity index is 526. The van der Waals surface area contributed by atoms with Crippen LogP contribution in [0.1, 0.15) is 5.56 Å². The summed E-state index contributed by atoms with van der Waals surface area (Å²) < 4.78 is 22.3. The van der Waals surface area contributed by atoms with Gasteiger partial charge in [0.05, 0.1) is 9.40 Å². The molecular weight excluding hydrogens is 288 g/mol. The Kier molecular flexibility index (Phi) is 3.12. The molecule has 82 valence electrons. The summed E-state index contributed by atoms with van der Waals surface area (Å²) >= 11 is 2.93. The number of aryl methyl sites for hydroxylation is 1. The Hall–Kier alpha value is -0.990. The number of rotatable bonds is 2. The van der Waals surface area contributed by atoms with Gasteiger partial charge in [0.1, 0.15) is 0 Å². The summed E-state index contributed by atoms with van der Waals surface area (Å²) in [5, 5.41) is 15.5. The molecule has 8 heteroatoms. The molecule has 0 amide bonds. The number of nitrogens with zero attached hydrogens (tertiary/aromatic N) is 1. The predicted molar refractivity (Wildman–Crippen MR) is 56.9 cm³/mol. The largest absolute Gasteiger partial charge is 0.303 e. The Morgan fingerprint density at radius 1 is 1.47 bits per heavy atom. The zero-order valence-corrected chi connectivity index (χ0v) is 10.0. The third-order valence-electron chi connectivity index (χ3n) is 1.66. The van der Waals surface area contributed by atoms with Gasteiger partial charge in [0.15, 0.2) is 4.90 Å². The Morgan fingerprint density at radius 2 is 2.00 bits per heavy atom. The number of hydrogen-bond donors (Lipinski definition) is 1. The molecule has 0 bridgehead atoms. The Labute approximate surface area is 94.4 Å². The fourth-order valence-corrected chi connectivity index (χ4v) is 2.75. The van der Waals surface area contributed by atoms with Gasteiger partial charge in [-0.2, -0.15) is 0 Å². The van der Waals surface area contributed by atoms with Crippen LogP contribution in [-0.4, -0.2) is 13.3 Å². The molecule has 0 saturated carbocycles. The van der Waals surface area contributed by atoms with Crippen molar-refractivity contribution < 1.29 is 13.3 Å². The lowest BCUT2D eigenvalue weighted by Gasteiger charge is -2.03. The number of hydrogen-bond acceptors (Lipinski definition) is 4. The van der Waals surface area contributed by atoms with Crippen molar-refractivity contribution in [1.82, 2.24) is 0 Å². The number of nitro groups is 1. The van der Waals surface area contributed by atoms with Crippen LogP contribution in [0.25, 0.3) is 0 Å². The molecule has 2 N–H and O–H groups in total. The second kappa shape index (κ2) is 3.87. The van der Waals surface area contributed by atoms with Crippen molar-refractivity contribution in [2.24, 2.45) is 5.14 Å². The third kappa shape index (κ3) is 2.52. The van der Waals surface area contributed by atoms with E-state index in [9.17, 15) is 18.5 Å². The van der Waals surface area contributed by atoms with E-state index >= 15 is 0 Å². The van der Waals surface area contributed by atoms with E-state index in [1.54, 1.807) is 6.92 Å². The van der Waals surface area contributed by atoms with E-state index in [0.717, 1.165) is 6.07 Å². The summed E-state index contributed by atoms with van der Waals surface area (Å²) in [4.78, 5) is 9.38. The smallest absolute Gasteiger partial charge is 0.258 e. The first-order valence-electron chi connectivity index (χ1n) is 3.71. The average Bonchev–Trinajstić information content (AvgIpc) is 1.99. The fraction of sp³-hybridized carbons (Fsp3) is 0.143. The third-order valence-corrected chi connectivity index (χ3v) is 3.19. The van der Waals surface area contributed by atoms with Crippen molar-refractivity contribution in [1.29, 1.82) is 0 Å². The van der Waals surface area contributed by atoms with Crippen LogP contribution in [0.3, 0.4) is 0 Å². The van der Waals surface area contributed by atoms with Gasteiger partial charge in [-0.3, -0.25) is 10.1 Å². The van der Waals surface area contributed by atoms with Crippen molar-refractivity contribution in [2.45, 2.75) is 11.8 Å². The van der Waals surface area contributed by atoms with E-state index in [1.807, 2.05) is 0 Å². The van der Waals surface area contributed by atoms with Gasteiger partial charge in [0, 0.05) is 0 Å². The topological polar surface area (TPSA) is 103 Å². The van der Waals surface area contributed by atoms with Crippen molar-refractivity contribution in [3.05, 3.63) is 32.3 Å². The second-order valence-corrected chi connectivity index (χ2v) is 5.28. The van der Waals surface area contributed by atoms with Gasteiger partial charge >= 0.3 is 5.69 Å².